The molecule has 0 aliphatic carbocycles. The first kappa shape index (κ1) is 11.6. The van der Waals surface area contributed by atoms with E-state index < -0.39 is 0 Å². The van der Waals surface area contributed by atoms with Gasteiger partial charge in [0, 0.05) is 19.8 Å². The first-order valence-electron chi connectivity index (χ1n) is 6.19. The Morgan fingerprint density at radius 1 is 1.25 bits per heavy atom. The Morgan fingerprint density at radius 3 is 2.56 bits per heavy atom. The van der Waals surface area contributed by atoms with Crippen LogP contribution < -0.4 is 5.32 Å². The lowest BCUT2D eigenvalue weighted by molar-refractivity contribution is 0.0579. The topological polar surface area (TPSA) is 21.3 Å². The van der Waals surface area contributed by atoms with Gasteiger partial charge in [0.1, 0.15) is 0 Å². The van der Waals surface area contributed by atoms with E-state index in [-0.39, 0.29) is 0 Å². The van der Waals surface area contributed by atoms with Crippen molar-refractivity contribution >= 4 is 0 Å². The Hall–Kier alpha value is -0.860. The van der Waals surface area contributed by atoms with E-state index in [0.29, 0.717) is 5.92 Å². The zero-order valence-electron chi connectivity index (χ0n) is 9.99. The fourth-order valence-corrected chi connectivity index (χ4v) is 2.60. The highest BCUT2D eigenvalue weighted by Crippen LogP contribution is 2.31. The quantitative estimate of drug-likeness (QED) is 0.839. The number of hydrogen-bond acceptors (Lipinski definition) is 2. The molecule has 0 bridgehead atoms. The van der Waals surface area contributed by atoms with Crippen molar-refractivity contribution in [3.63, 3.8) is 0 Å². The summed E-state index contributed by atoms with van der Waals surface area (Å²) in [5.41, 5.74) is 1.46. The lowest BCUT2D eigenvalue weighted by Crippen LogP contribution is -2.28. The van der Waals surface area contributed by atoms with E-state index in [2.05, 4.69) is 35.6 Å². The molecule has 1 aromatic rings. The smallest absolute Gasteiger partial charge is 0.0468 e. The lowest BCUT2D eigenvalue weighted by atomic mass is 9.81. The van der Waals surface area contributed by atoms with Crippen molar-refractivity contribution in [1.29, 1.82) is 0 Å². The molecule has 1 saturated heterocycles. The Bertz CT molecular complexity index is 293. The molecule has 0 aromatic heterocycles. The Morgan fingerprint density at radius 2 is 1.94 bits per heavy atom. The molecule has 2 nitrogen and oxygen atoms in total. The standard InChI is InChI=1S/C14H21NO/c1-15-11-14(12-5-3-2-4-6-12)13-7-9-16-10-8-13/h2-6,13-15H,7-11H2,1H3. The lowest BCUT2D eigenvalue weighted by Gasteiger charge is -2.30. The van der Waals surface area contributed by atoms with Crippen molar-refractivity contribution in [2.75, 3.05) is 26.8 Å². The fraction of sp³-hybridized carbons (Fsp3) is 0.571. The van der Waals surface area contributed by atoms with Gasteiger partial charge in [-0.3, -0.25) is 0 Å². The van der Waals surface area contributed by atoms with E-state index in [9.17, 15) is 0 Å². The van der Waals surface area contributed by atoms with Crippen LogP contribution in [0.15, 0.2) is 30.3 Å². The van der Waals surface area contributed by atoms with E-state index in [0.717, 1.165) is 25.7 Å². The third kappa shape index (κ3) is 2.83. The molecule has 1 aliphatic heterocycles. The minimum absolute atomic E-state index is 0.634. The highest BCUT2D eigenvalue weighted by Gasteiger charge is 2.24. The third-order valence-corrected chi connectivity index (χ3v) is 3.49. The highest BCUT2D eigenvalue weighted by molar-refractivity contribution is 5.21. The van der Waals surface area contributed by atoms with Gasteiger partial charge in [0.2, 0.25) is 0 Å². The van der Waals surface area contributed by atoms with Gasteiger partial charge in [-0.25, -0.2) is 0 Å². The summed E-state index contributed by atoms with van der Waals surface area (Å²) >= 11 is 0. The van der Waals surface area contributed by atoms with Crippen LogP contribution in [0.25, 0.3) is 0 Å². The number of ether oxygens (including phenoxy) is 1. The molecule has 2 heteroatoms. The molecule has 1 fully saturated rings. The van der Waals surface area contributed by atoms with Crippen molar-refractivity contribution in [3.8, 4) is 0 Å². The van der Waals surface area contributed by atoms with Gasteiger partial charge in [-0.05, 0) is 37.3 Å². The molecule has 1 heterocycles. The van der Waals surface area contributed by atoms with Crippen LogP contribution in [0, 0.1) is 5.92 Å². The van der Waals surface area contributed by atoms with Crippen molar-refractivity contribution in [2.45, 2.75) is 18.8 Å². The molecular formula is C14H21NO. The zero-order valence-corrected chi connectivity index (χ0v) is 9.99. The Labute approximate surface area is 98.0 Å². The van der Waals surface area contributed by atoms with E-state index in [1.165, 1.54) is 18.4 Å². The monoisotopic (exact) mass is 219 g/mol. The van der Waals surface area contributed by atoms with Gasteiger partial charge in [0.15, 0.2) is 0 Å². The maximum atomic E-state index is 5.44. The summed E-state index contributed by atoms with van der Waals surface area (Å²) < 4.78 is 5.44. The summed E-state index contributed by atoms with van der Waals surface area (Å²) in [6, 6.07) is 10.9. The average molecular weight is 219 g/mol. The molecule has 1 atom stereocenters. The van der Waals surface area contributed by atoms with E-state index in [4.69, 9.17) is 4.74 Å². The van der Waals surface area contributed by atoms with Gasteiger partial charge in [-0.2, -0.15) is 0 Å². The van der Waals surface area contributed by atoms with E-state index in [1.807, 2.05) is 7.05 Å². The Kier molecular flexibility index (Phi) is 4.37. The minimum Gasteiger partial charge on any atom is -0.381 e. The molecule has 1 aromatic carbocycles. The highest BCUT2D eigenvalue weighted by atomic mass is 16.5. The second-order valence-corrected chi connectivity index (χ2v) is 4.52. The van der Waals surface area contributed by atoms with Crippen molar-refractivity contribution < 1.29 is 4.74 Å². The normalized spacial score (nSPS) is 19.6. The summed E-state index contributed by atoms with van der Waals surface area (Å²) in [5, 5.41) is 3.32. The fourth-order valence-electron chi connectivity index (χ4n) is 2.60. The maximum Gasteiger partial charge on any atom is 0.0468 e. The average Bonchev–Trinajstić information content (AvgIpc) is 2.38. The van der Waals surface area contributed by atoms with Gasteiger partial charge in [0.05, 0.1) is 0 Å². The van der Waals surface area contributed by atoms with Crippen molar-refractivity contribution in [1.82, 2.24) is 5.32 Å². The first-order chi connectivity index (χ1) is 7.92. The SMILES string of the molecule is CNCC(c1ccccc1)C1CCOCC1. The van der Waals surface area contributed by atoms with Gasteiger partial charge < -0.3 is 10.1 Å². The number of likely N-dealkylation sites (N-methyl/N-ethyl adjacent to an activating group) is 1. The number of rotatable bonds is 4. The summed E-state index contributed by atoms with van der Waals surface area (Å²) in [6.45, 7) is 2.92. The molecule has 88 valence electrons. The molecule has 0 amide bonds. The number of nitrogens with one attached hydrogen (secondary N) is 1. The number of benzene rings is 1. The van der Waals surface area contributed by atoms with Crippen LogP contribution in [-0.2, 0) is 4.74 Å². The zero-order chi connectivity index (χ0) is 11.2. The molecule has 0 saturated carbocycles. The van der Waals surface area contributed by atoms with Gasteiger partial charge in [0.25, 0.3) is 0 Å². The molecule has 0 radical (unpaired) electrons. The number of hydrogen-bond donors (Lipinski definition) is 1. The van der Waals surface area contributed by atoms with Gasteiger partial charge >= 0.3 is 0 Å². The molecule has 1 aliphatic rings. The van der Waals surface area contributed by atoms with Gasteiger partial charge in [-0.1, -0.05) is 30.3 Å². The van der Waals surface area contributed by atoms with Crippen LogP contribution >= 0.6 is 0 Å². The molecule has 0 spiro atoms. The molecule has 1 unspecified atom stereocenters. The van der Waals surface area contributed by atoms with Crippen molar-refractivity contribution in [3.05, 3.63) is 35.9 Å². The summed E-state index contributed by atoms with van der Waals surface area (Å²) in [7, 11) is 2.04. The van der Waals surface area contributed by atoms with Crippen LogP contribution in [-0.4, -0.2) is 26.8 Å². The largest absolute Gasteiger partial charge is 0.381 e. The predicted molar refractivity (Wildman–Crippen MR) is 66.7 cm³/mol. The molecule has 1 N–H and O–H groups in total. The summed E-state index contributed by atoms with van der Waals surface area (Å²) in [4.78, 5) is 0. The van der Waals surface area contributed by atoms with Crippen LogP contribution in [0.4, 0.5) is 0 Å². The Balaban J connectivity index is 2.09. The van der Waals surface area contributed by atoms with Crippen LogP contribution in [0.2, 0.25) is 0 Å². The third-order valence-electron chi connectivity index (χ3n) is 3.49. The molecule has 2 rings (SSSR count). The summed E-state index contributed by atoms with van der Waals surface area (Å²) in [6.07, 6.45) is 2.39. The van der Waals surface area contributed by atoms with Gasteiger partial charge in [-0.15, -0.1) is 0 Å². The maximum absolute atomic E-state index is 5.44. The minimum atomic E-state index is 0.634. The van der Waals surface area contributed by atoms with Crippen LogP contribution in [0.1, 0.15) is 24.3 Å². The molecule has 16 heavy (non-hydrogen) atoms. The first-order valence-corrected chi connectivity index (χ1v) is 6.19. The second kappa shape index (κ2) is 6.02. The van der Waals surface area contributed by atoms with E-state index >= 15 is 0 Å². The van der Waals surface area contributed by atoms with Crippen LogP contribution in [0.3, 0.4) is 0 Å². The predicted octanol–water partition coefficient (Wildman–Crippen LogP) is 2.42. The van der Waals surface area contributed by atoms with Crippen LogP contribution in [0.5, 0.6) is 0 Å². The molecular weight excluding hydrogens is 198 g/mol. The van der Waals surface area contributed by atoms with E-state index in [1.54, 1.807) is 0 Å². The second-order valence-electron chi connectivity index (χ2n) is 4.52. The summed E-state index contributed by atoms with van der Waals surface area (Å²) in [5.74, 6) is 1.40. The van der Waals surface area contributed by atoms with Crippen molar-refractivity contribution in [2.24, 2.45) is 5.92 Å².